The molecular formula is C17H34N4O. The second kappa shape index (κ2) is 9.36. The van der Waals surface area contributed by atoms with Crippen molar-refractivity contribution in [2.45, 2.75) is 57.5 Å². The Kier molecular flexibility index (Phi) is 7.46. The maximum absolute atomic E-state index is 5.13. The minimum atomic E-state index is 0.563. The molecule has 0 radical (unpaired) electrons. The van der Waals surface area contributed by atoms with Gasteiger partial charge in [-0.1, -0.05) is 13.3 Å². The molecule has 5 nitrogen and oxygen atoms in total. The van der Waals surface area contributed by atoms with Crippen LogP contribution in [0.4, 0.5) is 0 Å². The van der Waals surface area contributed by atoms with E-state index >= 15 is 0 Å². The average Bonchev–Trinajstić information content (AvgIpc) is 3.26. The van der Waals surface area contributed by atoms with Crippen LogP contribution in [-0.2, 0) is 4.74 Å². The highest BCUT2D eigenvalue weighted by Crippen LogP contribution is 2.34. The first kappa shape index (κ1) is 17.5. The quantitative estimate of drug-likeness (QED) is 0.408. The highest BCUT2D eigenvalue weighted by atomic mass is 16.5. The van der Waals surface area contributed by atoms with E-state index in [4.69, 9.17) is 4.74 Å². The van der Waals surface area contributed by atoms with E-state index in [0.29, 0.717) is 12.1 Å². The third-order valence-corrected chi connectivity index (χ3v) is 4.88. The summed E-state index contributed by atoms with van der Waals surface area (Å²) in [6.07, 6.45) is 7.49. The van der Waals surface area contributed by atoms with Gasteiger partial charge in [-0.2, -0.15) is 0 Å². The molecule has 2 aliphatic rings. The summed E-state index contributed by atoms with van der Waals surface area (Å²) in [5.74, 6) is 1.87. The first-order chi connectivity index (χ1) is 10.8. The lowest BCUT2D eigenvalue weighted by Crippen LogP contribution is -2.49. The van der Waals surface area contributed by atoms with Gasteiger partial charge in [-0.3, -0.25) is 4.99 Å². The van der Waals surface area contributed by atoms with Gasteiger partial charge in [0.05, 0.1) is 0 Å². The highest BCUT2D eigenvalue weighted by molar-refractivity contribution is 5.80. The fourth-order valence-electron chi connectivity index (χ4n) is 3.39. The summed E-state index contributed by atoms with van der Waals surface area (Å²) in [5, 5.41) is 7.20. The summed E-state index contributed by atoms with van der Waals surface area (Å²) in [6, 6.07) is 1.22. The number of aliphatic imine (C=N–C) groups is 1. The molecule has 0 amide bonds. The van der Waals surface area contributed by atoms with Gasteiger partial charge in [0.25, 0.3) is 0 Å². The minimum absolute atomic E-state index is 0.563. The zero-order valence-electron chi connectivity index (χ0n) is 14.6. The van der Waals surface area contributed by atoms with E-state index in [1.54, 1.807) is 7.11 Å². The Labute approximate surface area is 135 Å². The molecule has 1 saturated heterocycles. The van der Waals surface area contributed by atoms with Gasteiger partial charge in [0.15, 0.2) is 5.96 Å². The molecule has 0 aromatic carbocycles. The number of hydrogen-bond acceptors (Lipinski definition) is 3. The van der Waals surface area contributed by atoms with Crippen molar-refractivity contribution < 1.29 is 4.74 Å². The molecule has 2 N–H and O–H groups in total. The van der Waals surface area contributed by atoms with Gasteiger partial charge in [-0.25, -0.2) is 0 Å². The molecule has 0 aromatic rings. The molecule has 0 spiro atoms. The smallest absolute Gasteiger partial charge is 0.191 e. The number of rotatable bonds is 8. The lowest BCUT2D eigenvalue weighted by Gasteiger charge is -2.33. The molecule has 1 saturated carbocycles. The molecule has 0 aromatic heterocycles. The Morgan fingerprint density at radius 2 is 2.05 bits per heavy atom. The van der Waals surface area contributed by atoms with Crippen molar-refractivity contribution in [2.75, 3.05) is 40.4 Å². The van der Waals surface area contributed by atoms with Crippen LogP contribution in [0.1, 0.15) is 45.4 Å². The third-order valence-electron chi connectivity index (χ3n) is 4.88. The van der Waals surface area contributed by atoms with Gasteiger partial charge in [0.1, 0.15) is 0 Å². The van der Waals surface area contributed by atoms with Crippen LogP contribution in [-0.4, -0.2) is 63.3 Å². The summed E-state index contributed by atoms with van der Waals surface area (Å²) < 4.78 is 5.13. The molecule has 2 fully saturated rings. The zero-order chi connectivity index (χ0) is 15.8. The van der Waals surface area contributed by atoms with Gasteiger partial charge in [-0.15, -0.1) is 0 Å². The Bertz CT molecular complexity index is 340. The highest BCUT2D eigenvalue weighted by Gasteiger charge is 2.36. The van der Waals surface area contributed by atoms with E-state index in [9.17, 15) is 0 Å². The van der Waals surface area contributed by atoms with Crippen molar-refractivity contribution in [3.63, 3.8) is 0 Å². The van der Waals surface area contributed by atoms with E-state index in [2.05, 4.69) is 27.4 Å². The second-order valence-electron chi connectivity index (χ2n) is 6.71. The van der Waals surface area contributed by atoms with Crippen LogP contribution < -0.4 is 10.6 Å². The number of methoxy groups -OCH3 is 1. The van der Waals surface area contributed by atoms with E-state index in [1.807, 2.05) is 7.05 Å². The molecule has 22 heavy (non-hydrogen) atoms. The van der Waals surface area contributed by atoms with Gasteiger partial charge in [-0.05, 0) is 38.0 Å². The van der Waals surface area contributed by atoms with Gasteiger partial charge in [0, 0.05) is 52.5 Å². The lowest BCUT2D eigenvalue weighted by atomic mass is 10.1. The van der Waals surface area contributed by atoms with Gasteiger partial charge in [0.2, 0.25) is 0 Å². The molecule has 1 heterocycles. The second-order valence-corrected chi connectivity index (χ2v) is 6.71. The summed E-state index contributed by atoms with van der Waals surface area (Å²) in [5.41, 5.74) is 0. The molecule has 1 aliphatic heterocycles. The number of likely N-dealkylation sites (tertiary alicyclic amines) is 1. The van der Waals surface area contributed by atoms with Crippen molar-refractivity contribution in [3.8, 4) is 0 Å². The van der Waals surface area contributed by atoms with E-state index in [0.717, 1.165) is 31.4 Å². The normalized spacial score (nSPS) is 27.0. The summed E-state index contributed by atoms with van der Waals surface area (Å²) in [4.78, 5) is 6.95. The molecule has 2 rings (SSSR count). The largest absolute Gasteiger partial charge is 0.385 e. The maximum atomic E-state index is 5.13. The van der Waals surface area contributed by atoms with Crippen molar-refractivity contribution in [2.24, 2.45) is 10.9 Å². The predicted molar refractivity (Wildman–Crippen MR) is 92.4 cm³/mol. The summed E-state index contributed by atoms with van der Waals surface area (Å²) >= 11 is 0. The van der Waals surface area contributed by atoms with Crippen molar-refractivity contribution in [1.82, 2.24) is 15.5 Å². The van der Waals surface area contributed by atoms with E-state index in [1.165, 1.54) is 45.2 Å². The first-order valence-electron chi connectivity index (χ1n) is 8.98. The molecular weight excluding hydrogens is 276 g/mol. The fourth-order valence-corrected chi connectivity index (χ4v) is 3.39. The average molecular weight is 310 g/mol. The molecule has 2 unspecified atom stereocenters. The van der Waals surface area contributed by atoms with Crippen LogP contribution in [0, 0.1) is 5.92 Å². The van der Waals surface area contributed by atoms with Crippen molar-refractivity contribution in [3.05, 3.63) is 0 Å². The fraction of sp³-hybridized carbons (Fsp3) is 0.941. The maximum Gasteiger partial charge on any atom is 0.191 e. The Balaban J connectivity index is 1.62. The van der Waals surface area contributed by atoms with E-state index < -0.39 is 0 Å². The predicted octanol–water partition coefficient (Wildman–Crippen LogP) is 1.84. The van der Waals surface area contributed by atoms with Crippen molar-refractivity contribution in [1.29, 1.82) is 0 Å². The van der Waals surface area contributed by atoms with Crippen LogP contribution in [0.15, 0.2) is 4.99 Å². The third kappa shape index (κ3) is 5.76. The Morgan fingerprint density at radius 1 is 1.27 bits per heavy atom. The molecule has 128 valence electrons. The topological polar surface area (TPSA) is 48.9 Å². The van der Waals surface area contributed by atoms with E-state index in [-0.39, 0.29) is 0 Å². The number of guanidine groups is 1. The first-order valence-corrected chi connectivity index (χ1v) is 8.98. The number of ether oxygens (including phenoxy) is 1. The van der Waals surface area contributed by atoms with Crippen LogP contribution in [0.25, 0.3) is 0 Å². The number of hydrogen-bond donors (Lipinski definition) is 2. The van der Waals surface area contributed by atoms with Gasteiger partial charge >= 0.3 is 0 Å². The molecule has 1 aliphatic carbocycles. The number of nitrogens with one attached hydrogen (secondary N) is 2. The molecule has 5 heteroatoms. The molecule has 0 bridgehead atoms. The minimum Gasteiger partial charge on any atom is -0.385 e. The Morgan fingerprint density at radius 3 is 2.68 bits per heavy atom. The van der Waals surface area contributed by atoms with Crippen LogP contribution >= 0.6 is 0 Å². The zero-order valence-corrected chi connectivity index (χ0v) is 14.6. The van der Waals surface area contributed by atoms with Crippen LogP contribution in [0.2, 0.25) is 0 Å². The van der Waals surface area contributed by atoms with Crippen molar-refractivity contribution >= 4 is 5.96 Å². The summed E-state index contributed by atoms with van der Waals surface area (Å²) in [7, 11) is 3.66. The molecule has 2 atom stereocenters. The standard InChI is InChI=1S/C17H34N4O/c1-4-6-14-13-16(14)20-17(18-2)19-15-7-10-21(11-8-15)9-5-12-22-3/h14-16H,4-13H2,1-3H3,(H2,18,19,20). The SMILES string of the molecule is CCCC1CC1NC(=NC)NC1CCN(CCCOC)CC1. The summed E-state index contributed by atoms with van der Waals surface area (Å²) in [6.45, 7) is 6.66. The monoisotopic (exact) mass is 310 g/mol. The van der Waals surface area contributed by atoms with Gasteiger partial charge < -0.3 is 20.3 Å². The number of piperidine rings is 1. The lowest BCUT2D eigenvalue weighted by molar-refractivity contribution is 0.155. The number of nitrogens with zero attached hydrogens (tertiary/aromatic N) is 2. The Hall–Kier alpha value is -0.810. The van der Waals surface area contributed by atoms with Crippen LogP contribution in [0.5, 0.6) is 0 Å². The van der Waals surface area contributed by atoms with Crippen LogP contribution in [0.3, 0.4) is 0 Å².